The number of carbonyl (C=O) groups is 5. The number of nitrogens with one attached hydrogen (secondary N) is 4. The molecule has 4 amide bonds. The zero-order chi connectivity index (χ0) is 25.1. The second-order valence-electron chi connectivity index (χ2n) is 9.12. The lowest BCUT2D eigenvalue weighted by atomic mass is 9.97. The van der Waals surface area contributed by atoms with Crippen LogP contribution in [0.15, 0.2) is 0 Å². The monoisotopic (exact) mass is 469 g/mol. The lowest BCUT2D eigenvalue weighted by molar-refractivity contribution is -0.144. The summed E-state index contributed by atoms with van der Waals surface area (Å²) in [5.74, 6) is -3.64. The minimum atomic E-state index is -1.15. The molecule has 5 atom stereocenters. The van der Waals surface area contributed by atoms with Crippen molar-refractivity contribution in [2.24, 2.45) is 17.6 Å². The van der Waals surface area contributed by atoms with Gasteiger partial charge in [-0.2, -0.15) is 0 Å². The molecule has 0 aromatic rings. The normalized spacial score (nSPS) is 19.2. The number of aliphatic carboxylic acids is 1. The number of carbonyl (C=O) groups excluding carboxylic acids is 4. The molecule has 1 heterocycles. The Morgan fingerprint density at radius 3 is 2.15 bits per heavy atom. The first kappa shape index (κ1) is 28.3. The van der Waals surface area contributed by atoms with Gasteiger partial charge in [-0.3, -0.25) is 19.2 Å². The van der Waals surface area contributed by atoms with Crippen molar-refractivity contribution in [3.8, 4) is 0 Å². The molecule has 0 bridgehead atoms. The smallest absolute Gasteiger partial charge is 0.326 e. The van der Waals surface area contributed by atoms with E-state index in [9.17, 15) is 29.1 Å². The molecule has 0 radical (unpaired) electrons. The van der Waals surface area contributed by atoms with Crippen molar-refractivity contribution in [2.45, 2.75) is 90.4 Å². The molecule has 1 fully saturated rings. The Hall–Kier alpha value is -2.69. The van der Waals surface area contributed by atoms with Crippen LogP contribution in [-0.2, 0) is 24.0 Å². The molecule has 1 aliphatic rings. The molecule has 11 heteroatoms. The van der Waals surface area contributed by atoms with Crippen LogP contribution in [-0.4, -0.2) is 65.4 Å². The first-order valence-electron chi connectivity index (χ1n) is 11.6. The number of carboxylic acid groups (broad SMARTS) is 1. The minimum Gasteiger partial charge on any atom is -0.480 e. The highest BCUT2D eigenvalue weighted by atomic mass is 16.4. The molecule has 188 valence electrons. The summed E-state index contributed by atoms with van der Waals surface area (Å²) in [5, 5.41) is 20.3. The van der Waals surface area contributed by atoms with Crippen LogP contribution in [0.1, 0.15) is 66.2 Å². The largest absolute Gasteiger partial charge is 0.480 e. The van der Waals surface area contributed by atoms with Gasteiger partial charge in [0.2, 0.25) is 23.6 Å². The summed E-state index contributed by atoms with van der Waals surface area (Å²) in [6, 6.07) is -3.57. The average molecular weight is 470 g/mol. The molecule has 5 unspecified atom stereocenters. The zero-order valence-electron chi connectivity index (χ0n) is 20.0. The van der Waals surface area contributed by atoms with Crippen molar-refractivity contribution < 1.29 is 29.1 Å². The van der Waals surface area contributed by atoms with E-state index in [0.29, 0.717) is 19.4 Å². The standard InChI is InChI=1S/C22H39N5O6/c1-5-13(4)18(22(32)33)27-21(31)16(11-12(2)3)26-20(30)15(8-9-17(23)28)25-19(29)14-7-6-10-24-14/h12-16,18,24H,5-11H2,1-4H3,(H2,23,28)(H,25,29)(H,26,30)(H,27,31)(H,32,33). The third kappa shape index (κ3) is 9.77. The van der Waals surface area contributed by atoms with Crippen molar-refractivity contribution in [3.05, 3.63) is 0 Å². The quantitative estimate of drug-likeness (QED) is 0.201. The van der Waals surface area contributed by atoms with E-state index < -0.39 is 47.9 Å². The maximum absolute atomic E-state index is 13.0. The fourth-order valence-corrected chi connectivity index (χ4v) is 3.65. The topological polar surface area (TPSA) is 180 Å². The van der Waals surface area contributed by atoms with Gasteiger partial charge in [-0.1, -0.05) is 34.1 Å². The lowest BCUT2D eigenvalue weighted by Gasteiger charge is -2.27. The summed E-state index contributed by atoms with van der Waals surface area (Å²) >= 11 is 0. The number of hydrogen-bond acceptors (Lipinski definition) is 6. The number of primary amides is 1. The van der Waals surface area contributed by atoms with Crippen LogP contribution >= 0.6 is 0 Å². The maximum atomic E-state index is 13.0. The van der Waals surface area contributed by atoms with E-state index in [1.807, 2.05) is 20.8 Å². The Morgan fingerprint density at radius 2 is 1.67 bits per heavy atom. The number of hydrogen-bond donors (Lipinski definition) is 6. The van der Waals surface area contributed by atoms with E-state index in [2.05, 4.69) is 21.3 Å². The van der Waals surface area contributed by atoms with E-state index in [1.165, 1.54) is 0 Å². The first-order valence-corrected chi connectivity index (χ1v) is 11.6. The molecule has 7 N–H and O–H groups in total. The predicted molar refractivity (Wildman–Crippen MR) is 122 cm³/mol. The van der Waals surface area contributed by atoms with Crippen molar-refractivity contribution >= 4 is 29.6 Å². The van der Waals surface area contributed by atoms with Gasteiger partial charge >= 0.3 is 5.97 Å². The second kappa shape index (κ2) is 13.8. The van der Waals surface area contributed by atoms with Crippen molar-refractivity contribution in [3.63, 3.8) is 0 Å². The van der Waals surface area contributed by atoms with Crippen LogP contribution in [0.2, 0.25) is 0 Å². The third-order valence-electron chi connectivity index (χ3n) is 5.81. The zero-order valence-corrected chi connectivity index (χ0v) is 20.0. The molecule has 0 saturated carbocycles. The molecular weight excluding hydrogens is 430 g/mol. The van der Waals surface area contributed by atoms with Crippen LogP contribution < -0.4 is 27.0 Å². The second-order valence-corrected chi connectivity index (χ2v) is 9.12. The van der Waals surface area contributed by atoms with E-state index >= 15 is 0 Å². The summed E-state index contributed by atoms with van der Waals surface area (Å²) in [6.07, 6.45) is 2.17. The number of amides is 4. The highest BCUT2D eigenvalue weighted by Gasteiger charge is 2.33. The molecule has 0 aliphatic carbocycles. The molecule has 0 aromatic carbocycles. The summed E-state index contributed by atoms with van der Waals surface area (Å²) in [5.41, 5.74) is 5.22. The Labute approximate surface area is 195 Å². The third-order valence-corrected chi connectivity index (χ3v) is 5.81. The Bertz CT molecular complexity index is 707. The van der Waals surface area contributed by atoms with Gasteiger partial charge in [-0.25, -0.2) is 4.79 Å². The highest BCUT2D eigenvalue weighted by molar-refractivity contribution is 5.94. The fraction of sp³-hybridized carbons (Fsp3) is 0.773. The van der Waals surface area contributed by atoms with E-state index in [0.717, 1.165) is 6.42 Å². The summed E-state index contributed by atoms with van der Waals surface area (Å²) < 4.78 is 0. The van der Waals surface area contributed by atoms with Gasteiger partial charge in [-0.15, -0.1) is 0 Å². The molecule has 0 aromatic heterocycles. The fourth-order valence-electron chi connectivity index (χ4n) is 3.65. The number of nitrogens with two attached hydrogens (primary N) is 1. The Morgan fingerprint density at radius 1 is 1.03 bits per heavy atom. The highest BCUT2D eigenvalue weighted by Crippen LogP contribution is 2.12. The van der Waals surface area contributed by atoms with Gasteiger partial charge in [0.25, 0.3) is 0 Å². The van der Waals surface area contributed by atoms with Crippen molar-refractivity contribution in [1.82, 2.24) is 21.3 Å². The van der Waals surface area contributed by atoms with Crippen molar-refractivity contribution in [2.75, 3.05) is 6.54 Å². The van der Waals surface area contributed by atoms with Gasteiger partial charge in [0.15, 0.2) is 0 Å². The average Bonchev–Trinajstić information content (AvgIpc) is 3.27. The van der Waals surface area contributed by atoms with Gasteiger partial charge in [-0.05, 0) is 44.1 Å². The van der Waals surface area contributed by atoms with Crippen LogP contribution in [0.3, 0.4) is 0 Å². The first-order chi connectivity index (χ1) is 15.5. The van der Waals surface area contributed by atoms with Gasteiger partial charge < -0.3 is 32.1 Å². The summed E-state index contributed by atoms with van der Waals surface area (Å²) in [4.78, 5) is 61.3. The van der Waals surface area contributed by atoms with Crippen molar-refractivity contribution in [1.29, 1.82) is 0 Å². The number of carboxylic acids is 1. The van der Waals surface area contributed by atoms with E-state index in [1.54, 1.807) is 6.92 Å². The molecule has 33 heavy (non-hydrogen) atoms. The Balaban J connectivity index is 2.96. The van der Waals surface area contributed by atoms with Gasteiger partial charge in [0, 0.05) is 6.42 Å². The van der Waals surface area contributed by atoms with E-state index in [4.69, 9.17) is 5.73 Å². The van der Waals surface area contributed by atoms with Crippen LogP contribution in [0.5, 0.6) is 0 Å². The molecule has 0 spiro atoms. The van der Waals surface area contributed by atoms with Gasteiger partial charge in [0.1, 0.15) is 18.1 Å². The predicted octanol–water partition coefficient (Wildman–Crippen LogP) is -0.365. The van der Waals surface area contributed by atoms with Gasteiger partial charge in [0.05, 0.1) is 6.04 Å². The number of rotatable bonds is 14. The summed E-state index contributed by atoms with van der Waals surface area (Å²) in [6.45, 7) is 7.99. The van der Waals surface area contributed by atoms with Crippen LogP contribution in [0.25, 0.3) is 0 Å². The summed E-state index contributed by atoms with van der Waals surface area (Å²) in [7, 11) is 0. The molecular formula is C22H39N5O6. The van der Waals surface area contributed by atoms with Crippen LogP contribution in [0.4, 0.5) is 0 Å². The molecule has 1 saturated heterocycles. The minimum absolute atomic E-state index is 0.0136. The lowest BCUT2D eigenvalue weighted by Crippen LogP contribution is -2.58. The molecule has 11 nitrogen and oxygen atoms in total. The van der Waals surface area contributed by atoms with Crippen LogP contribution in [0, 0.1) is 11.8 Å². The molecule has 1 rings (SSSR count). The Kier molecular flexibility index (Phi) is 11.8. The molecule has 1 aliphatic heterocycles. The SMILES string of the molecule is CCC(C)C(NC(=O)C(CC(C)C)NC(=O)C(CCC(N)=O)NC(=O)C1CCCN1)C(=O)O. The van der Waals surface area contributed by atoms with E-state index in [-0.39, 0.29) is 37.0 Å². The maximum Gasteiger partial charge on any atom is 0.326 e.